The van der Waals surface area contributed by atoms with Crippen LogP contribution in [0.3, 0.4) is 0 Å². The summed E-state index contributed by atoms with van der Waals surface area (Å²) in [6.45, 7) is 2.41. The summed E-state index contributed by atoms with van der Waals surface area (Å²) < 4.78 is 38.4. The summed E-state index contributed by atoms with van der Waals surface area (Å²) in [7, 11) is -2.11. The Kier molecular flexibility index (Phi) is 5.58. The summed E-state index contributed by atoms with van der Waals surface area (Å²) in [5.74, 6) is 0.769. The van der Waals surface area contributed by atoms with Crippen molar-refractivity contribution < 1.29 is 17.9 Å². The zero-order valence-electron chi connectivity index (χ0n) is 15.1. The summed E-state index contributed by atoms with van der Waals surface area (Å²) in [6.07, 6.45) is 3.79. The third-order valence-corrected chi connectivity index (χ3v) is 6.25. The fraction of sp³-hybridized carbons (Fsp3) is 0.389. The molecule has 142 valence electrons. The molecule has 0 radical (unpaired) electrons. The highest BCUT2D eigenvalue weighted by Gasteiger charge is 2.32. The van der Waals surface area contributed by atoms with Gasteiger partial charge in [-0.2, -0.15) is 9.57 Å². The van der Waals surface area contributed by atoms with Crippen LogP contribution < -0.4 is 9.47 Å². The van der Waals surface area contributed by atoms with Crippen LogP contribution in [0.25, 0.3) is 0 Å². The normalized spacial score (nSPS) is 17.9. The Hall–Kier alpha value is -2.70. The standard InChI is InChI=1S/C18H20N4O4S/c1-13-10-15(5-6-17(13)25-2)27(23,24)22-9-3-4-14(12-22)26-18-16(11-19)20-7-8-21-18/h5-8,10,14H,3-4,9,12H2,1-2H3. The molecule has 1 aromatic carbocycles. The van der Waals surface area contributed by atoms with Gasteiger partial charge in [0.15, 0.2) is 0 Å². The molecular formula is C18H20N4O4S. The van der Waals surface area contributed by atoms with E-state index in [0.717, 1.165) is 5.56 Å². The molecule has 1 saturated heterocycles. The lowest BCUT2D eigenvalue weighted by Crippen LogP contribution is -2.44. The third-order valence-electron chi connectivity index (χ3n) is 4.39. The zero-order valence-corrected chi connectivity index (χ0v) is 15.9. The van der Waals surface area contributed by atoms with Gasteiger partial charge in [0.2, 0.25) is 15.7 Å². The molecule has 2 heterocycles. The number of ether oxygens (including phenoxy) is 2. The highest BCUT2D eigenvalue weighted by molar-refractivity contribution is 7.89. The Balaban J connectivity index is 1.79. The van der Waals surface area contributed by atoms with Gasteiger partial charge in [-0.05, 0) is 43.5 Å². The van der Waals surface area contributed by atoms with Crippen molar-refractivity contribution in [3.8, 4) is 17.7 Å². The lowest BCUT2D eigenvalue weighted by atomic mass is 10.1. The van der Waals surface area contributed by atoms with E-state index >= 15 is 0 Å². The van der Waals surface area contributed by atoms with E-state index in [2.05, 4.69) is 9.97 Å². The maximum Gasteiger partial charge on any atom is 0.251 e. The second-order valence-corrected chi connectivity index (χ2v) is 8.14. The number of methoxy groups -OCH3 is 1. The third kappa shape index (κ3) is 4.02. The molecule has 0 saturated carbocycles. The van der Waals surface area contributed by atoms with Gasteiger partial charge in [0.05, 0.1) is 18.6 Å². The van der Waals surface area contributed by atoms with E-state index in [1.54, 1.807) is 32.2 Å². The molecule has 0 N–H and O–H groups in total. The number of hydrogen-bond acceptors (Lipinski definition) is 7. The number of aryl methyl sites for hydroxylation is 1. The van der Waals surface area contributed by atoms with Crippen LogP contribution in [0.5, 0.6) is 11.6 Å². The van der Waals surface area contributed by atoms with Crippen LogP contribution >= 0.6 is 0 Å². The van der Waals surface area contributed by atoms with Gasteiger partial charge in [0.25, 0.3) is 5.88 Å². The summed E-state index contributed by atoms with van der Waals surface area (Å²) >= 11 is 0. The lowest BCUT2D eigenvalue weighted by Gasteiger charge is -2.32. The predicted octanol–water partition coefficient (Wildman–Crippen LogP) is 1.90. The molecule has 1 aliphatic rings. The molecule has 0 spiro atoms. The first-order chi connectivity index (χ1) is 13.0. The van der Waals surface area contributed by atoms with Crippen LogP contribution in [0.1, 0.15) is 24.1 Å². The minimum absolute atomic E-state index is 0.0864. The molecule has 1 aliphatic heterocycles. The molecular weight excluding hydrogens is 368 g/mol. The SMILES string of the molecule is COc1ccc(S(=O)(=O)N2CCCC(Oc3nccnc3C#N)C2)cc1C. The molecule has 1 unspecified atom stereocenters. The number of nitriles is 1. The van der Waals surface area contributed by atoms with Crippen molar-refractivity contribution in [2.24, 2.45) is 0 Å². The van der Waals surface area contributed by atoms with Crippen molar-refractivity contribution in [3.63, 3.8) is 0 Å². The van der Waals surface area contributed by atoms with Crippen molar-refractivity contribution in [3.05, 3.63) is 41.9 Å². The Morgan fingerprint density at radius 2 is 2.07 bits per heavy atom. The first kappa shape index (κ1) is 19.1. The highest BCUT2D eigenvalue weighted by atomic mass is 32.2. The Morgan fingerprint density at radius 3 is 2.78 bits per heavy atom. The van der Waals surface area contributed by atoms with E-state index in [1.807, 2.05) is 6.07 Å². The van der Waals surface area contributed by atoms with Crippen LogP contribution in [-0.2, 0) is 10.0 Å². The maximum atomic E-state index is 13.0. The quantitative estimate of drug-likeness (QED) is 0.770. The molecule has 0 amide bonds. The van der Waals surface area contributed by atoms with Crippen molar-refractivity contribution >= 4 is 10.0 Å². The van der Waals surface area contributed by atoms with Crippen molar-refractivity contribution in [2.75, 3.05) is 20.2 Å². The van der Waals surface area contributed by atoms with Crippen molar-refractivity contribution in [1.29, 1.82) is 5.26 Å². The molecule has 8 nitrogen and oxygen atoms in total. The number of nitrogens with zero attached hydrogens (tertiary/aromatic N) is 4. The van der Waals surface area contributed by atoms with E-state index in [-0.39, 0.29) is 23.0 Å². The minimum Gasteiger partial charge on any atom is -0.496 e. The minimum atomic E-state index is -3.65. The van der Waals surface area contributed by atoms with Gasteiger partial charge in [0, 0.05) is 18.9 Å². The second kappa shape index (κ2) is 7.90. The molecule has 1 fully saturated rings. The largest absolute Gasteiger partial charge is 0.496 e. The number of rotatable bonds is 5. The molecule has 3 rings (SSSR count). The van der Waals surface area contributed by atoms with Gasteiger partial charge in [0.1, 0.15) is 17.9 Å². The fourth-order valence-electron chi connectivity index (χ4n) is 3.03. The first-order valence-electron chi connectivity index (χ1n) is 8.48. The lowest BCUT2D eigenvalue weighted by molar-refractivity contribution is 0.124. The Labute approximate surface area is 158 Å². The van der Waals surface area contributed by atoms with Crippen molar-refractivity contribution in [2.45, 2.75) is 30.8 Å². The predicted molar refractivity (Wildman–Crippen MR) is 96.9 cm³/mol. The number of benzene rings is 1. The van der Waals surface area contributed by atoms with Gasteiger partial charge >= 0.3 is 0 Å². The van der Waals surface area contributed by atoms with E-state index < -0.39 is 16.1 Å². The summed E-state index contributed by atoms with van der Waals surface area (Å²) in [5, 5.41) is 9.10. The smallest absolute Gasteiger partial charge is 0.251 e. The summed E-state index contributed by atoms with van der Waals surface area (Å²) in [6, 6.07) is 6.73. The highest BCUT2D eigenvalue weighted by Crippen LogP contribution is 2.27. The van der Waals surface area contributed by atoms with Crippen LogP contribution in [0.15, 0.2) is 35.5 Å². The van der Waals surface area contributed by atoms with Crippen LogP contribution in [0.2, 0.25) is 0 Å². The molecule has 2 aromatic rings. The van der Waals surface area contributed by atoms with Crippen molar-refractivity contribution in [1.82, 2.24) is 14.3 Å². The monoisotopic (exact) mass is 388 g/mol. The number of piperidine rings is 1. The first-order valence-corrected chi connectivity index (χ1v) is 9.92. The van der Waals surface area contributed by atoms with E-state index in [9.17, 15) is 8.42 Å². The number of hydrogen-bond donors (Lipinski definition) is 0. The van der Waals surface area contributed by atoms with E-state index in [1.165, 1.54) is 16.7 Å². The molecule has 1 aromatic heterocycles. The number of aromatic nitrogens is 2. The zero-order chi connectivity index (χ0) is 19.4. The van der Waals surface area contributed by atoms with Gasteiger partial charge in [-0.1, -0.05) is 0 Å². The van der Waals surface area contributed by atoms with Gasteiger partial charge in [-0.25, -0.2) is 18.4 Å². The molecule has 0 bridgehead atoms. The van der Waals surface area contributed by atoms with Crippen LogP contribution in [0.4, 0.5) is 0 Å². The second-order valence-electron chi connectivity index (χ2n) is 6.20. The van der Waals surface area contributed by atoms with Gasteiger partial charge in [-0.3, -0.25) is 0 Å². The molecule has 27 heavy (non-hydrogen) atoms. The van der Waals surface area contributed by atoms with E-state index in [0.29, 0.717) is 25.1 Å². The average molecular weight is 388 g/mol. The number of sulfonamides is 1. The van der Waals surface area contributed by atoms with Crippen LogP contribution in [0, 0.1) is 18.3 Å². The van der Waals surface area contributed by atoms with Crippen LogP contribution in [-0.4, -0.2) is 49.0 Å². The average Bonchev–Trinajstić information content (AvgIpc) is 2.68. The molecule has 9 heteroatoms. The van der Waals surface area contributed by atoms with E-state index in [4.69, 9.17) is 14.7 Å². The maximum absolute atomic E-state index is 13.0. The Morgan fingerprint density at radius 1 is 1.30 bits per heavy atom. The topological polar surface area (TPSA) is 105 Å². The molecule has 0 aliphatic carbocycles. The Bertz CT molecular complexity index is 972. The molecule has 1 atom stereocenters. The fourth-order valence-corrected chi connectivity index (χ4v) is 4.62. The van der Waals surface area contributed by atoms with Gasteiger partial charge < -0.3 is 9.47 Å². The van der Waals surface area contributed by atoms with Gasteiger partial charge in [-0.15, -0.1) is 0 Å². The summed E-state index contributed by atoms with van der Waals surface area (Å²) in [5.41, 5.74) is 0.838. The summed E-state index contributed by atoms with van der Waals surface area (Å²) in [4.78, 5) is 8.16.